The number of carbonyl (C=O) groups excluding carboxylic acids is 1. The van der Waals surface area contributed by atoms with Crippen molar-refractivity contribution in [3.63, 3.8) is 0 Å². The lowest BCUT2D eigenvalue weighted by Gasteiger charge is -2.25. The molecule has 2 aromatic rings. The summed E-state index contributed by atoms with van der Waals surface area (Å²) < 4.78 is 11.4. The predicted octanol–water partition coefficient (Wildman–Crippen LogP) is 3.33. The Bertz CT molecular complexity index is 661. The number of Topliss-reactive ketones (excluding diaryl/α,β-unsaturated/α-hetero) is 1. The second-order valence-corrected chi connectivity index (χ2v) is 5.05. The number of hydrogen-bond acceptors (Lipinski definition) is 3. The van der Waals surface area contributed by atoms with Crippen LogP contribution in [0.1, 0.15) is 21.5 Å². The highest BCUT2D eigenvalue weighted by Gasteiger charge is 2.28. The molecule has 0 aliphatic carbocycles. The average Bonchev–Trinajstić information content (AvgIpc) is 2.46. The summed E-state index contributed by atoms with van der Waals surface area (Å²) in [5, 5.41) is 0. The fraction of sp³-hybridized carbons (Fsp3) is 0.235. The van der Waals surface area contributed by atoms with E-state index in [1.165, 1.54) is 0 Å². The van der Waals surface area contributed by atoms with E-state index in [9.17, 15) is 4.79 Å². The van der Waals surface area contributed by atoms with Gasteiger partial charge < -0.3 is 9.47 Å². The fourth-order valence-corrected chi connectivity index (χ4v) is 2.41. The van der Waals surface area contributed by atoms with Crippen LogP contribution in [0, 0.1) is 13.8 Å². The van der Waals surface area contributed by atoms with Crippen molar-refractivity contribution in [2.24, 2.45) is 0 Å². The normalized spacial score (nSPS) is 16.8. The molecule has 1 atom stereocenters. The molecule has 0 aromatic heterocycles. The largest absolute Gasteiger partial charge is 0.485 e. The van der Waals surface area contributed by atoms with Crippen LogP contribution in [0.5, 0.6) is 11.5 Å². The topological polar surface area (TPSA) is 35.5 Å². The molecule has 0 radical (unpaired) electrons. The van der Waals surface area contributed by atoms with Gasteiger partial charge in [0, 0.05) is 5.56 Å². The van der Waals surface area contributed by atoms with Crippen molar-refractivity contribution in [3.05, 3.63) is 59.2 Å². The molecule has 0 amide bonds. The van der Waals surface area contributed by atoms with Gasteiger partial charge in [0.05, 0.1) is 0 Å². The summed E-state index contributed by atoms with van der Waals surface area (Å²) in [5.74, 6) is 1.29. The van der Waals surface area contributed by atoms with Crippen LogP contribution in [-0.2, 0) is 0 Å². The van der Waals surface area contributed by atoms with Crippen LogP contribution in [0.2, 0.25) is 0 Å². The van der Waals surface area contributed by atoms with Gasteiger partial charge in [0.2, 0.25) is 5.78 Å². The van der Waals surface area contributed by atoms with Gasteiger partial charge in [0.1, 0.15) is 6.61 Å². The quantitative estimate of drug-likeness (QED) is 0.784. The molecule has 1 unspecified atom stereocenters. The molecule has 1 aliphatic rings. The van der Waals surface area contributed by atoms with Crippen molar-refractivity contribution in [3.8, 4) is 11.5 Å². The van der Waals surface area contributed by atoms with Gasteiger partial charge in [0.25, 0.3) is 0 Å². The fourth-order valence-electron chi connectivity index (χ4n) is 2.41. The van der Waals surface area contributed by atoms with E-state index in [0.29, 0.717) is 17.1 Å². The van der Waals surface area contributed by atoms with E-state index in [1.807, 2.05) is 56.3 Å². The molecule has 2 aromatic carbocycles. The second kappa shape index (κ2) is 5.00. The smallest absolute Gasteiger partial charge is 0.207 e. The number of rotatable bonds is 2. The van der Waals surface area contributed by atoms with Crippen molar-refractivity contribution in [1.82, 2.24) is 0 Å². The van der Waals surface area contributed by atoms with E-state index in [2.05, 4.69) is 0 Å². The Kier molecular flexibility index (Phi) is 3.18. The van der Waals surface area contributed by atoms with Crippen molar-refractivity contribution in [1.29, 1.82) is 0 Å². The minimum atomic E-state index is -0.577. The van der Waals surface area contributed by atoms with Gasteiger partial charge in [-0.3, -0.25) is 4.79 Å². The zero-order valence-electron chi connectivity index (χ0n) is 11.6. The monoisotopic (exact) mass is 268 g/mol. The van der Waals surface area contributed by atoms with Crippen LogP contribution in [0.4, 0.5) is 0 Å². The maximum atomic E-state index is 12.5. The summed E-state index contributed by atoms with van der Waals surface area (Å²) in [6.07, 6.45) is -0.577. The van der Waals surface area contributed by atoms with E-state index < -0.39 is 6.10 Å². The lowest BCUT2D eigenvalue weighted by atomic mass is 9.99. The van der Waals surface area contributed by atoms with E-state index in [4.69, 9.17) is 9.47 Å². The molecule has 3 heteroatoms. The van der Waals surface area contributed by atoms with E-state index >= 15 is 0 Å². The summed E-state index contributed by atoms with van der Waals surface area (Å²) in [7, 11) is 0. The molecule has 1 aliphatic heterocycles. The molecule has 3 rings (SSSR count). The number of aryl methyl sites for hydroxylation is 2. The van der Waals surface area contributed by atoms with Crippen molar-refractivity contribution in [2.45, 2.75) is 20.0 Å². The van der Waals surface area contributed by atoms with Gasteiger partial charge in [-0.2, -0.15) is 0 Å². The van der Waals surface area contributed by atoms with E-state index in [-0.39, 0.29) is 12.4 Å². The van der Waals surface area contributed by atoms with Crippen molar-refractivity contribution in [2.75, 3.05) is 6.61 Å². The molecule has 0 saturated heterocycles. The van der Waals surface area contributed by atoms with Gasteiger partial charge in [-0.15, -0.1) is 0 Å². The molecule has 0 spiro atoms. The SMILES string of the molecule is Cc1ccc(C(=O)C2COc3ccccc3O2)c(C)c1. The Labute approximate surface area is 118 Å². The summed E-state index contributed by atoms with van der Waals surface area (Å²) in [6, 6.07) is 13.2. The first-order chi connectivity index (χ1) is 9.65. The number of carbonyl (C=O) groups is 1. The summed E-state index contributed by atoms with van der Waals surface area (Å²) in [5.41, 5.74) is 2.81. The standard InChI is InChI=1S/C17H16O3/c1-11-7-8-13(12(2)9-11)17(18)16-10-19-14-5-3-4-6-15(14)20-16/h3-9,16H,10H2,1-2H3. The van der Waals surface area contributed by atoms with Gasteiger partial charge >= 0.3 is 0 Å². The van der Waals surface area contributed by atoms with Crippen molar-refractivity contribution < 1.29 is 14.3 Å². The third-order valence-corrected chi connectivity index (χ3v) is 3.45. The Balaban J connectivity index is 1.86. The van der Waals surface area contributed by atoms with Crippen LogP contribution in [0.25, 0.3) is 0 Å². The van der Waals surface area contributed by atoms with E-state index in [1.54, 1.807) is 0 Å². The average molecular weight is 268 g/mol. The van der Waals surface area contributed by atoms with Gasteiger partial charge in [0.15, 0.2) is 17.6 Å². The van der Waals surface area contributed by atoms with Crippen LogP contribution >= 0.6 is 0 Å². The first-order valence-electron chi connectivity index (χ1n) is 6.65. The Hall–Kier alpha value is -2.29. The second-order valence-electron chi connectivity index (χ2n) is 5.05. The molecule has 102 valence electrons. The molecule has 0 bridgehead atoms. The molecule has 0 fully saturated rings. The number of ether oxygens (including phenoxy) is 2. The highest BCUT2D eigenvalue weighted by molar-refractivity contribution is 6.01. The first kappa shape index (κ1) is 12.7. The number of fused-ring (bicyclic) bond motifs is 1. The molecule has 20 heavy (non-hydrogen) atoms. The molecule has 3 nitrogen and oxygen atoms in total. The maximum absolute atomic E-state index is 12.5. The third kappa shape index (κ3) is 2.27. The molecular formula is C17H16O3. The first-order valence-corrected chi connectivity index (χ1v) is 6.65. The summed E-state index contributed by atoms with van der Waals surface area (Å²) >= 11 is 0. The third-order valence-electron chi connectivity index (χ3n) is 3.45. The maximum Gasteiger partial charge on any atom is 0.207 e. The Morgan fingerprint density at radius 2 is 1.85 bits per heavy atom. The zero-order chi connectivity index (χ0) is 14.1. The van der Waals surface area contributed by atoms with Gasteiger partial charge in [-0.25, -0.2) is 0 Å². The number of ketones is 1. The lowest BCUT2D eigenvalue weighted by Crippen LogP contribution is -2.36. The predicted molar refractivity (Wildman–Crippen MR) is 76.6 cm³/mol. The molecule has 0 N–H and O–H groups in total. The van der Waals surface area contributed by atoms with Gasteiger partial charge in [-0.1, -0.05) is 35.9 Å². The Morgan fingerprint density at radius 1 is 1.10 bits per heavy atom. The molecular weight excluding hydrogens is 252 g/mol. The zero-order valence-corrected chi connectivity index (χ0v) is 11.6. The highest BCUT2D eigenvalue weighted by atomic mass is 16.6. The Morgan fingerprint density at radius 3 is 2.60 bits per heavy atom. The number of para-hydroxylation sites is 2. The van der Waals surface area contributed by atoms with E-state index in [0.717, 1.165) is 11.1 Å². The molecule has 0 saturated carbocycles. The minimum Gasteiger partial charge on any atom is -0.485 e. The van der Waals surface area contributed by atoms with Crippen LogP contribution in [-0.4, -0.2) is 18.5 Å². The summed E-state index contributed by atoms with van der Waals surface area (Å²) in [4.78, 5) is 12.5. The molecule has 1 heterocycles. The number of hydrogen-bond donors (Lipinski definition) is 0. The van der Waals surface area contributed by atoms with Crippen LogP contribution in [0.15, 0.2) is 42.5 Å². The summed E-state index contributed by atoms with van der Waals surface area (Å²) in [6.45, 7) is 4.21. The minimum absolute atomic E-state index is 0.0306. The van der Waals surface area contributed by atoms with Gasteiger partial charge in [-0.05, 0) is 31.5 Å². The lowest BCUT2D eigenvalue weighted by molar-refractivity contribution is 0.0585. The van der Waals surface area contributed by atoms with Crippen LogP contribution in [0.3, 0.4) is 0 Å². The van der Waals surface area contributed by atoms with Crippen LogP contribution < -0.4 is 9.47 Å². The number of benzene rings is 2. The highest BCUT2D eigenvalue weighted by Crippen LogP contribution is 2.31. The van der Waals surface area contributed by atoms with Crippen molar-refractivity contribution >= 4 is 5.78 Å².